The van der Waals surface area contributed by atoms with E-state index in [-0.39, 0.29) is 30.4 Å². The van der Waals surface area contributed by atoms with E-state index < -0.39 is 0 Å². The van der Waals surface area contributed by atoms with Gasteiger partial charge in [-0.3, -0.25) is 9.59 Å². The molecule has 1 atom stereocenters. The third kappa shape index (κ3) is 5.80. The first-order valence-electron chi connectivity index (χ1n) is 13.7. The standard InChI is InChI=1S/C32H36N4O2/c1-23-12-11-15-26(20-23)32(38)33-24(2)31-34-28-18-9-10-19-29(28)36(31)22-30(37)35(27-16-7-4-8-17-27)21-25-13-5-3-6-14-25/h3,5-6,9-15,18-20,24,27H,4,7-8,16-17,21-22H2,1-2H3,(H,33,38). The number of carbonyl (C=O) groups excluding carboxylic acids is 2. The summed E-state index contributed by atoms with van der Waals surface area (Å²) in [4.78, 5) is 34.0. The van der Waals surface area contributed by atoms with Crippen LogP contribution in [0.15, 0.2) is 78.9 Å². The maximum atomic E-state index is 14.0. The molecule has 1 fully saturated rings. The van der Waals surface area contributed by atoms with Crippen LogP contribution in [-0.4, -0.2) is 32.3 Å². The van der Waals surface area contributed by atoms with Crippen molar-refractivity contribution in [2.24, 2.45) is 0 Å². The molecule has 196 valence electrons. The van der Waals surface area contributed by atoms with Gasteiger partial charge in [0.05, 0.1) is 17.1 Å². The fourth-order valence-corrected chi connectivity index (χ4v) is 5.54. The number of benzene rings is 3. The third-order valence-corrected chi connectivity index (χ3v) is 7.52. The van der Waals surface area contributed by atoms with Crippen LogP contribution in [0.3, 0.4) is 0 Å². The summed E-state index contributed by atoms with van der Waals surface area (Å²) in [6.45, 7) is 4.69. The number of aryl methyl sites for hydroxylation is 1. The van der Waals surface area contributed by atoms with Gasteiger partial charge in [0.1, 0.15) is 12.4 Å². The van der Waals surface area contributed by atoms with E-state index in [1.54, 1.807) is 0 Å². The van der Waals surface area contributed by atoms with Crippen LogP contribution in [0, 0.1) is 6.92 Å². The molecule has 0 radical (unpaired) electrons. The Labute approximate surface area is 224 Å². The Morgan fingerprint density at radius 1 is 0.974 bits per heavy atom. The molecule has 1 aliphatic rings. The van der Waals surface area contributed by atoms with Crippen molar-refractivity contribution in [1.82, 2.24) is 19.8 Å². The first kappa shape index (κ1) is 25.7. The molecular weight excluding hydrogens is 472 g/mol. The van der Waals surface area contributed by atoms with Crippen molar-refractivity contribution < 1.29 is 9.59 Å². The van der Waals surface area contributed by atoms with Gasteiger partial charge < -0.3 is 14.8 Å². The van der Waals surface area contributed by atoms with E-state index in [0.717, 1.165) is 47.8 Å². The van der Waals surface area contributed by atoms with Gasteiger partial charge in [0.2, 0.25) is 5.91 Å². The lowest BCUT2D eigenvalue weighted by molar-refractivity contribution is -0.135. The van der Waals surface area contributed by atoms with E-state index in [1.807, 2.05) is 85.1 Å². The summed E-state index contributed by atoms with van der Waals surface area (Å²) in [5, 5.41) is 3.10. The van der Waals surface area contributed by atoms with Gasteiger partial charge in [-0.15, -0.1) is 0 Å². The number of carbonyl (C=O) groups is 2. The van der Waals surface area contributed by atoms with Crippen molar-refractivity contribution in [2.75, 3.05) is 0 Å². The molecule has 0 bridgehead atoms. The van der Waals surface area contributed by atoms with Gasteiger partial charge in [-0.2, -0.15) is 0 Å². The molecule has 0 aliphatic heterocycles. The van der Waals surface area contributed by atoms with Gasteiger partial charge >= 0.3 is 0 Å². The number of nitrogens with zero attached hydrogens (tertiary/aromatic N) is 3. The van der Waals surface area contributed by atoms with Crippen LogP contribution in [0.4, 0.5) is 0 Å². The quantitative estimate of drug-likeness (QED) is 0.308. The topological polar surface area (TPSA) is 67.2 Å². The maximum absolute atomic E-state index is 14.0. The molecule has 1 saturated carbocycles. The Bertz CT molecular complexity index is 1410. The number of para-hydroxylation sites is 2. The summed E-state index contributed by atoms with van der Waals surface area (Å²) in [5.74, 6) is 0.616. The minimum Gasteiger partial charge on any atom is -0.342 e. The van der Waals surface area contributed by atoms with Crippen molar-refractivity contribution in [3.8, 4) is 0 Å². The molecular formula is C32H36N4O2. The first-order valence-corrected chi connectivity index (χ1v) is 13.7. The van der Waals surface area contributed by atoms with Crippen molar-refractivity contribution in [3.63, 3.8) is 0 Å². The van der Waals surface area contributed by atoms with Crippen LogP contribution in [0.2, 0.25) is 0 Å². The van der Waals surface area contributed by atoms with Gasteiger partial charge in [0.25, 0.3) is 5.91 Å². The summed E-state index contributed by atoms with van der Waals surface area (Å²) in [6, 6.07) is 25.5. The number of amides is 2. The molecule has 1 unspecified atom stereocenters. The molecule has 1 N–H and O–H groups in total. The average molecular weight is 509 g/mol. The lowest BCUT2D eigenvalue weighted by atomic mass is 9.93. The highest BCUT2D eigenvalue weighted by atomic mass is 16.2. The van der Waals surface area contributed by atoms with E-state index in [4.69, 9.17) is 4.98 Å². The predicted molar refractivity (Wildman–Crippen MR) is 151 cm³/mol. The second-order valence-corrected chi connectivity index (χ2v) is 10.4. The highest BCUT2D eigenvalue weighted by Crippen LogP contribution is 2.26. The van der Waals surface area contributed by atoms with Crippen LogP contribution < -0.4 is 5.32 Å². The van der Waals surface area contributed by atoms with E-state index in [1.165, 1.54) is 6.42 Å². The zero-order valence-electron chi connectivity index (χ0n) is 22.3. The molecule has 1 heterocycles. The van der Waals surface area contributed by atoms with E-state index in [2.05, 4.69) is 22.3 Å². The molecule has 6 heteroatoms. The minimum atomic E-state index is -0.375. The summed E-state index contributed by atoms with van der Waals surface area (Å²) in [6.07, 6.45) is 5.63. The summed E-state index contributed by atoms with van der Waals surface area (Å²) < 4.78 is 1.99. The molecule has 1 aromatic heterocycles. The van der Waals surface area contributed by atoms with Crippen LogP contribution in [0.5, 0.6) is 0 Å². The van der Waals surface area contributed by atoms with Crippen LogP contribution in [0.1, 0.15) is 72.4 Å². The minimum absolute atomic E-state index is 0.0855. The van der Waals surface area contributed by atoms with Gasteiger partial charge in [-0.25, -0.2) is 4.98 Å². The van der Waals surface area contributed by atoms with Gasteiger partial charge in [-0.05, 0) is 56.5 Å². The molecule has 2 amide bonds. The van der Waals surface area contributed by atoms with Gasteiger partial charge in [-0.1, -0.05) is 79.4 Å². The Morgan fingerprint density at radius 2 is 1.71 bits per heavy atom. The Kier molecular flexibility index (Phi) is 7.87. The van der Waals surface area contributed by atoms with E-state index >= 15 is 0 Å². The van der Waals surface area contributed by atoms with Gasteiger partial charge in [0.15, 0.2) is 0 Å². The van der Waals surface area contributed by atoms with Crippen molar-refractivity contribution in [2.45, 2.75) is 71.1 Å². The molecule has 5 rings (SSSR count). The Morgan fingerprint density at radius 3 is 2.47 bits per heavy atom. The number of rotatable bonds is 8. The van der Waals surface area contributed by atoms with Crippen LogP contribution in [0.25, 0.3) is 11.0 Å². The van der Waals surface area contributed by atoms with E-state index in [9.17, 15) is 9.59 Å². The molecule has 4 aromatic rings. The number of imidazole rings is 1. The maximum Gasteiger partial charge on any atom is 0.251 e. The van der Waals surface area contributed by atoms with Crippen molar-refractivity contribution in [1.29, 1.82) is 0 Å². The molecule has 1 aliphatic carbocycles. The fourth-order valence-electron chi connectivity index (χ4n) is 5.54. The largest absolute Gasteiger partial charge is 0.342 e. The zero-order chi connectivity index (χ0) is 26.5. The summed E-state index contributed by atoms with van der Waals surface area (Å²) in [5.41, 5.74) is 4.50. The van der Waals surface area contributed by atoms with Crippen molar-refractivity contribution in [3.05, 3.63) is 101 Å². The fraction of sp³-hybridized carbons (Fsp3) is 0.344. The van der Waals surface area contributed by atoms with Crippen LogP contribution in [-0.2, 0) is 17.9 Å². The lowest BCUT2D eigenvalue weighted by Crippen LogP contribution is -2.43. The monoisotopic (exact) mass is 508 g/mol. The van der Waals surface area contributed by atoms with Crippen molar-refractivity contribution >= 4 is 22.8 Å². The molecule has 0 spiro atoms. The third-order valence-electron chi connectivity index (χ3n) is 7.52. The van der Waals surface area contributed by atoms with E-state index in [0.29, 0.717) is 17.9 Å². The summed E-state index contributed by atoms with van der Waals surface area (Å²) >= 11 is 0. The van der Waals surface area contributed by atoms with Crippen LogP contribution >= 0.6 is 0 Å². The Balaban J connectivity index is 1.43. The first-order chi connectivity index (χ1) is 18.5. The Hall–Kier alpha value is -3.93. The molecule has 3 aromatic carbocycles. The number of fused-ring (bicyclic) bond motifs is 1. The second-order valence-electron chi connectivity index (χ2n) is 10.4. The highest BCUT2D eigenvalue weighted by molar-refractivity contribution is 5.94. The second kappa shape index (κ2) is 11.6. The molecule has 6 nitrogen and oxygen atoms in total. The molecule has 38 heavy (non-hydrogen) atoms. The summed E-state index contributed by atoms with van der Waals surface area (Å²) in [7, 11) is 0. The number of nitrogens with one attached hydrogen (secondary N) is 1. The SMILES string of the molecule is Cc1cccc(C(=O)NC(C)c2nc3ccccc3n2CC(=O)N(Cc2ccccc2)C2CCCCC2)c1. The molecule has 0 saturated heterocycles. The zero-order valence-corrected chi connectivity index (χ0v) is 22.3. The number of aromatic nitrogens is 2. The predicted octanol–water partition coefficient (Wildman–Crippen LogP) is 6.20. The lowest BCUT2D eigenvalue weighted by Gasteiger charge is -2.35. The average Bonchev–Trinajstić information content (AvgIpc) is 3.31. The van der Waals surface area contributed by atoms with Gasteiger partial charge in [0, 0.05) is 18.2 Å². The number of hydrogen-bond donors (Lipinski definition) is 1. The smallest absolute Gasteiger partial charge is 0.251 e. The normalized spacial score (nSPS) is 14.8. The highest BCUT2D eigenvalue weighted by Gasteiger charge is 2.28. The number of hydrogen-bond acceptors (Lipinski definition) is 3.